The lowest BCUT2D eigenvalue weighted by Gasteiger charge is -2.34. The minimum absolute atomic E-state index is 0.667. The van der Waals surface area contributed by atoms with Crippen LogP contribution in [0.2, 0.25) is 0 Å². The molecule has 0 aromatic heterocycles. The zero-order valence-electron chi connectivity index (χ0n) is 8.97. The van der Waals surface area contributed by atoms with Crippen LogP contribution in [0.15, 0.2) is 0 Å². The topological polar surface area (TPSA) is 3.24 Å². The molecule has 0 aromatic rings. The van der Waals surface area contributed by atoms with Crippen LogP contribution >= 0.6 is 27.7 Å². The highest BCUT2D eigenvalue weighted by Gasteiger charge is 2.43. The molecule has 0 aromatic carbocycles. The lowest BCUT2D eigenvalue weighted by Crippen LogP contribution is -2.41. The molecule has 1 atom stereocenters. The maximum atomic E-state index is 3.66. The van der Waals surface area contributed by atoms with Crippen LogP contribution < -0.4 is 0 Å². The summed E-state index contributed by atoms with van der Waals surface area (Å²) < 4.78 is 0. The van der Waals surface area contributed by atoms with Gasteiger partial charge in [0.25, 0.3) is 0 Å². The highest BCUT2D eigenvalue weighted by atomic mass is 79.9. The van der Waals surface area contributed by atoms with Crippen molar-refractivity contribution in [2.75, 3.05) is 30.7 Å². The number of rotatable bonds is 4. The quantitative estimate of drug-likeness (QED) is 0.727. The minimum atomic E-state index is 0.667. The van der Waals surface area contributed by atoms with Crippen LogP contribution in [-0.4, -0.2) is 40.9 Å². The minimum Gasteiger partial charge on any atom is -0.301 e. The monoisotopic (exact) mass is 277 g/mol. The molecule has 1 unspecified atom stereocenters. The summed E-state index contributed by atoms with van der Waals surface area (Å²) in [6.07, 6.45) is 4.22. The number of hydrogen-bond donors (Lipinski definition) is 0. The molecule has 1 nitrogen and oxygen atoms in total. The standard InChI is InChI=1S/C11H20BrNS/c1-2-10-7-13(5-6-14-10)9-11(8-12)3-4-11/h10H,2-9H2,1H3. The molecule has 1 saturated heterocycles. The van der Waals surface area contributed by atoms with Crippen LogP contribution in [0.4, 0.5) is 0 Å². The van der Waals surface area contributed by atoms with Gasteiger partial charge in [-0.05, 0) is 24.7 Å². The van der Waals surface area contributed by atoms with Gasteiger partial charge in [-0.1, -0.05) is 22.9 Å². The van der Waals surface area contributed by atoms with E-state index >= 15 is 0 Å². The average Bonchev–Trinajstić information content (AvgIpc) is 2.99. The largest absolute Gasteiger partial charge is 0.301 e. The molecule has 1 heterocycles. The molecule has 0 spiro atoms. The first-order chi connectivity index (χ1) is 6.78. The van der Waals surface area contributed by atoms with E-state index in [4.69, 9.17) is 0 Å². The Hall–Kier alpha value is 0.790. The Morgan fingerprint density at radius 3 is 2.86 bits per heavy atom. The summed E-state index contributed by atoms with van der Waals surface area (Å²) in [7, 11) is 0. The van der Waals surface area contributed by atoms with E-state index in [9.17, 15) is 0 Å². The first-order valence-corrected chi connectivity index (χ1v) is 7.85. The highest BCUT2D eigenvalue weighted by Crippen LogP contribution is 2.48. The predicted octanol–water partition coefficient (Wildman–Crippen LogP) is 2.99. The van der Waals surface area contributed by atoms with Crippen LogP contribution in [0.1, 0.15) is 26.2 Å². The van der Waals surface area contributed by atoms with Crippen molar-refractivity contribution in [3.05, 3.63) is 0 Å². The molecule has 82 valence electrons. The van der Waals surface area contributed by atoms with E-state index in [0.29, 0.717) is 5.41 Å². The van der Waals surface area contributed by atoms with Gasteiger partial charge in [0, 0.05) is 36.0 Å². The fourth-order valence-electron chi connectivity index (χ4n) is 2.16. The second kappa shape index (κ2) is 4.75. The maximum Gasteiger partial charge on any atom is 0.0172 e. The third-order valence-electron chi connectivity index (χ3n) is 3.48. The first-order valence-electron chi connectivity index (χ1n) is 5.68. The molecule has 14 heavy (non-hydrogen) atoms. The van der Waals surface area contributed by atoms with Gasteiger partial charge in [-0.25, -0.2) is 0 Å². The van der Waals surface area contributed by atoms with Gasteiger partial charge in [0.2, 0.25) is 0 Å². The van der Waals surface area contributed by atoms with Crippen LogP contribution in [0, 0.1) is 5.41 Å². The van der Waals surface area contributed by atoms with Crippen LogP contribution in [0.5, 0.6) is 0 Å². The summed E-state index contributed by atoms with van der Waals surface area (Å²) in [5, 5.41) is 2.11. The van der Waals surface area contributed by atoms with Gasteiger partial charge >= 0.3 is 0 Å². The Bertz CT molecular complexity index is 194. The lowest BCUT2D eigenvalue weighted by molar-refractivity contribution is 0.237. The van der Waals surface area contributed by atoms with Crippen molar-refractivity contribution >= 4 is 27.7 Å². The Kier molecular flexibility index (Phi) is 3.83. The van der Waals surface area contributed by atoms with E-state index in [1.807, 2.05) is 0 Å². The van der Waals surface area contributed by atoms with Crippen LogP contribution in [0.3, 0.4) is 0 Å². The van der Waals surface area contributed by atoms with Crippen molar-refractivity contribution in [1.82, 2.24) is 4.90 Å². The van der Waals surface area contributed by atoms with Gasteiger partial charge in [0.1, 0.15) is 0 Å². The van der Waals surface area contributed by atoms with Gasteiger partial charge in [0.05, 0.1) is 0 Å². The van der Waals surface area contributed by atoms with Crippen molar-refractivity contribution in [2.45, 2.75) is 31.4 Å². The van der Waals surface area contributed by atoms with Gasteiger partial charge in [0.15, 0.2) is 0 Å². The first kappa shape index (κ1) is 11.3. The Balaban J connectivity index is 1.80. The van der Waals surface area contributed by atoms with E-state index in [1.54, 1.807) is 0 Å². The molecule has 0 bridgehead atoms. The summed E-state index contributed by atoms with van der Waals surface area (Å²) in [4.78, 5) is 2.69. The normalized spacial score (nSPS) is 31.7. The Labute approximate surface area is 100 Å². The van der Waals surface area contributed by atoms with Gasteiger partial charge in [-0.3, -0.25) is 0 Å². The fraction of sp³-hybridized carbons (Fsp3) is 1.00. The Morgan fingerprint density at radius 1 is 1.50 bits per heavy atom. The third kappa shape index (κ3) is 2.67. The third-order valence-corrected chi connectivity index (χ3v) is 6.04. The molecular weight excluding hydrogens is 258 g/mol. The zero-order chi connectivity index (χ0) is 10.0. The molecule has 2 rings (SSSR count). The summed E-state index contributed by atoms with van der Waals surface area (Å²) in [5.41, 5.74) is 0.667. The van der Waals surface area contributed by atoms with Crippen molar-refractivity contribution in [1.29, 1.82) is 0 Å². The molecule has 0 amide bonds. The van der Waals surface area contributed by atoms with Crippen LogP contribution in [-0.2, 0) is 0 Å². The smallest absolute Gasteiger partial charge is 0.0172 e. The number of hydrogen-bond acceptors (Lipinski definition) is 2. The lowest BCUT2D eigenvalue weighted by atomic mass is 10.1. The molecule has 0 radical (unpaired) electrons. The molecule has 0 N–H and O–H groups in total. The predicted molar refractivity (Wildman–Crippen MR) is 68.4 cm³/mol. The second-order valence-electron chi connectivity index (χ2n) is 4.77. The molecular formula is C11H20BrNS. The summed E-state index contributed by atoms with van der Waals surface area (Å²) in [6.45, 7) is 6.31. The maximum absolute atomic E-state index is 3.66. The molecule has 3 heteroatoms. The molecule has 2 fully saturated rings. The Morgan fingerprint density at radius 2 is 2.29 bits per heavy atom. The molecule has 2 aliphatic rings. The highest BCUT2D eigenvalue weighted by molar-refractivity contribution is 9.09. The number of thioether (sulfide) groups is 1. The molecule has 1 aliphatic carbocycles. The van der Waals surface area contributed by atoms with E-state index < -0.39 is 0 Å². The number of nitrogens with zero attached hydrogens (tertiary/aromatic N) is 1. The number of alkyl halides is 1. The molecule has 1 aliphatic heterocycles. The fourth-order valence-corrected chi connectivity index (χ4v) is 4.14. The van der Waals surface area contributed by atoms with E-state index in [-0.39, 0.29) is 0 Å². The summed E-state index contributed by atoms with van der Waals surface area (Å²) >= 11 is 5.83. The zero-order valence-corrected chi connectivity index (χ0v) is 11.4. The van der Waals surface area contributed by atoms with Gasteiger partial charge < -0.3 is 4.90 Å². The summed E-state index contributed by atoms with van der Waals surface area (Å²) in [5.74, 6) is 1.34. The summed E-state index contributed by atoms with van der Waals surface area (Å²) in [6, 6.07) is 0. The van der Waals surface area contributed by atoms with Crippen molar-refractivity contribution in [3.63, 3.8) is 0 Å². The van der Waals surface area contributed by atoms with Crippen molar-refractivity contribution in [2.24, 2.45) is 5.41 Å². The second-order valence-corrected chi connectivity index (χ2v) is 6.74. The van der Waals surface area contributed by atoms with Crippen molar-refractivity contribution < 1.29 is 0 Å². The average molecular weight is 278 g/mol. The van der Waals surface area contributed by atoms with Gasteiger partial charge in [-0.15, -0.1) is 0 Å². The van der Waals surface area contributed by atoms with Crippen LogP contribution in [0.25, 0.3) is 0 Å². The SMILES string of the molecule is CCC1CN(CC2(CBr)CC2)CCS1. The van der Waals surface area contributed by atoms with E-state index in [0.717, 1.165) is 5.25 Å². The van der Waals surface area contributed by atoms with Crippen molar-refractivity contribution in [3.8, 4) is 0 Å². The number of halogens is 1. The molecule has 1 saturated carbocycles. The van der Waals surface area contributed by atoms with E-state index in [1.165, 1.54) is 50.0 Å². The van der Waals surface area contributed by atoms with Gasteiger partial charge in [-0.2, -0.15) is 11.8 Å². The van der Waals surface area contributed by atoms with E-state index in [2.05, 4.69) is 39.5 Å².